The molecule has 54 heavy (non-hydrogen) atoms. The lowest BCUT2D eigenvalue weighted by Gasteiger charge is -2.33. The first-order chi connectivity index (χ1) is 25.1. The number of piperidine rings is 1. The van der Waals surface area contributed by atoms with Crippen molar-refractivity contribution in [2.45, 2.75) is 118 Å². The zero-order valence-corrected chi connectivity index (χ0v) is 32.8. The number of amides is 4. The van der Waals surface area contributed by atoms with Crippen molar-refractivity contribution in [3.63, 3.8) is 0 Å². The first-order valence-electron chi connectivity index (χ1n) is 18.2. The minimum atomic E-state index is -0.875. The number of anilines is 3. The lowest BCUT2D eigenvalue weighted by molar-refractivity contribution is 0.00787. The summed E-state index contributed by atoms with van der Waals surface area (Å²) in [6.45, 7) is 18.8. The highest BCUT2D eigenvalue weighted by Crippen LogP contribution is 2.41. The number of benzene rings is 1. The largest absolute Gasteiger partial charge is 0.446 e. The highest BCUT2D eigenvalue weighted by atomic mass is 19.1. The van der Waals surface area contributed by atoms with E-state index in [-0.39, 0.29) is 22.5 Å². The number of hydrogen-bond donors (Lipinski definition) is 2. The highest BCUT2D eigenvalue weighted by molar-refractivity contribution is 6.04. The van der Waals surface area contributed by atoms with Crippen LogP contribution in [0.3, 0.4) is 0 Å². The number of hydrogen-bond acceptors (Lipinski definition) is 10. The monoisotopic (exact) mass is 750 g/mol. The summed E-state index contributed by atoms with van der Waals surface area (Å²) in [5.74, 6) is -0.645. The van der Waals surface area contributed by atoms with Crippen LogP contribution in [0.1, 0.15) is 92.8 Å². The number of pyridine rings is 2. The Morgan fingerprint density at radius 3 is 2.04 bits per heavy atom. The number of carbonyl (C=O) groups excluding carboxylic acids is 4. The van der Waals surface area contributed by atoms with Crippen molar-refractivity contribution in [3.05, 3.63) is 41.6 Å². The Bertz CT molecular complexity index is 1940. The first kappa shape index (κ1) is 40.0. The van der Waals surface area contributed by atoms with Gasteiger partial charge in [0.2, 0.25) is 0 Å². The van der Waals surface area contributed by atoms with Crippen LogP contribution in [0.25, 0.3) is 21.9 Å². The standard InChI is InChI=1S/C39H51FN6O8/c1-22-26(20-41-28-12-11-15-46(32(22)28)36(50)54-39(8,9)10)25-18-23-19-29(42-21-27(23)31(30(25)40)44-34(48)52-37(2,3)4)43-33(47)51-24-13-16-45(17-14-24)35(49)53-38(5,6)7/h18-21,24H,11-17H2,1-10H3,(H,44,48)(H,42,43,47). The fraction of sp³-hybridized carbons (Fsp3) is 0.538. The number of nitrogens with one attached hydrogen (secondary N) is 2. The molecule has 4 amide bonds. The molecule has 0 radical (unpaired) electrons. The second-order valence-electron chi connectivity index (χ2n) is 16.6. The minimum absolute atomic E-state index is 0.0903. The Labute approximate surface area is 315 Å². The molecule has 2 aliphatic rings. The Morgan fingerprint density at radius 1 is 0.778 bits per heavy atom. The number of ether oxygens (including phenoxy) is 4. The van der Waals surface area contributed by atoms with Crippen LogP contribution in [-0.2, 0) is 25.4 Å². The molecular formula is C39H51FN6O8. The number of aromatic nitrogens is 2. The summed E-state index contributed by atoms with van der Waals surface area (Å²) < 4.78 is 39.0. The van der Waals surface area contributed by atoms with Gasteiger partial charge in [0, 0.05) is 61.4 Å². The number of aryl methyl sites for hydroxylation is 1. The first-order valence-corrected chi connectivity index (χ1v) is 18.2. The van der Waals surface area contributed by atoms with E-state index in [0.29, 0.717) is 73.2 Å². The number of nitrogens with zero attached hydrogens (tertiary/aromatic N) is 4. The Kier molecular flexibility index (Phi) is 11.3. The maximum absolute atomic E-state index is 16.7. The van der Waals surface area contributed by atoms with Crippen molar-refractivity contribution in [1.29, 1.82) is 0 Å². The Balaban J connectivity index is 1.46. The van der Waals surface area contributed by atoms with E-state index in [4.69, 9.17) is 18.9 Å². The van der Waals surface area contributed by atoms with E-state index < -0.39 is 53.1 Å². The van der Waals surface area contributed by atoms with E-state index >= 15 is 4.39 Å². The van der Waals surface area contributed by atoms with Crippen LogP contribution >= 0.6 is 0 Å². The third kappa shape index (κ3) is 9.85. The molecule has 0 aliphatic carbocycles. The molecule has 2 aliphatic heterocycles. The third-order valence-corrected chi connectivity index (χ3v) is 8.54. The quantitative estimate of drug-likeness (QED) is 0.247. The molecular weight excluding hydrogens is 699 g/mol. The molecule has 15 heteroatoms. The van der Waals surface area contributed by atoms with Crippen molar-refractivity contribution >= 4 is 52.3 Å². The second-order valence-corrected chi connectivity index (χ2v) is 16.6. The van der Waals surface area contributed by atoms with Crippen LogP contribution in [0, 0.1) is 12.7 Å². The van der Waals surface area contributed by atoms with Gasteiger partial charge in [0.15, 0.2) is 5.82 Å². The van der Waals surface area contributed by atoms with Gasteiger partial charge in [-0.2, -0.15) is 0 Å². The van der Waals surface area contributed by atoms with Gasteiger partial charge in [-0.3, -0.25) is 20.5 Å². The fourth-order valence-corrected chi connectivity index (χ4v) is 6.30. The van der Waals surface area contributed by atoms with Crippen LogP contribution in [0.15, 0.2) is 24.5 Å². The lowest BCUT2D eigenvalue weighted by atomic mass is 9.94. The normalized spacial score (nSPS) is 15.3. The summed E-state index contributed by atoms with van der Waals surface area (Å²) in [6.07, 6.45) is 2.07. The zero-order valence-electron chi connectivity index (χ0n) is 32.8. The maximum Gasteiger partial charge on any atom is 0.414 e. The molecule has 0 bridgehead atoms. The van der Waals surface area contributed by atoms with Gasteiger partial charge in [-0.1, -0.05) is 0 Å². The van der Waals surface area contributed by atoms with Gasteiger partial charge < -0.3 is 23.8 Å². The van der Waals surface area contributed by atoms with Gasteiger partial charge in [0.25, 0.3) is 0 Å². The number of rotatable bonds is 4. The third-order valence-electron chi connectivity index (χ3n) is 8.54. The Hall–Kier alpha value is -5.21. The van der Waals surface area contributed by atoms with Gasteiger partial charge in [-0.05, 0) is 105 Å². The lowest BCUT2D eigenvalue weighted by Crippen LogP contribution is -2.44. The summed E-state index contributed by atoms with van der Waals surface area (Å²) in [5.41, 5.74) is -0.0808. The number of fused-ring (bicyclic) bond motifs is 2. The predicted molar refractivity (Wildman–Crippen MR) is 202 cm³/mol. The van der Waals surface area contributed by atoms with Crippen LogP contribution < -0.4 is 15.5 Å². The number of halogens is 1. The predicted octanol–water partition coefficient (Wildman–Crippen LogP) is 8.73. The van der Waals surface area contributed by atoms with E-state index in [1.807, 2.05) is 0 Å². The molecule has 0 atom stereocenters. The molecule has 0 saturated carbocycles. The maximum atomic E-state index is 16.7. The van der Waals surface area contributed by atoms with E-state index in [2.05, 4.69) is 20.6 Å². The second kappa shape index (κ2) is 15.3. The van der Waals surface area contributed by atoms with Gasteiger partial charge in [-0.15, -0.1) is 0 Å². The molecule has 3 aromatic rings. The van der Waals surface area contributed by atoms with Crippen molar-refractivity contribution in [2.24, 2.45) is 0 Å². The van der Waals surface area contributed by atoms with E-state index in [0.717, 1.165) is 0 Å². The summed E-state index contributed by atoms with van der Waals surface area (Å²) in [5, 5.41) is 5.88. The number of carbonyl (C=O) groups is 4. The zero-order chi connectivity index (χ0) is 39.7. The van der Waals surface area contributed by atoms with Gasteiger partial charge in [0.1, 0.15) is 28.7 Å². The molecule has 2 N–H and O–H groups in total. The summed E-state index contributed by atoms with van der Waals surface area (Å²) in [4.78, 5) is 63.8. The van der Waals surface area contributed by atoms with Crippen LogP contribution in [0.5, 0.6) is 0 Å². The van der Waals surface area contributed by atoms with E-state index in [9.17, 15) is 19.2 Å². The van der Waals surface area contributed by atoms with Crippen LogP contribution in [0.4, 0.5) is 40.8 Å². The Morgan fingerprint density at radius 2 is 1.41 bits per heavy atom. The van der Waals surface area contributed by atoms with Crippen LogP contribution in [-0.4, -0.2) is 81.8 Å². The van der Waals surface area contributed by atoms with Gasteiger partial charge >= 0.3 is 24.4 Å². The SMILES string of the molecule is Cc1c(-c2cc3cc(NC(=O)OC4CCN(C(=O)OC(C)(C)C)CC4)ncc3c(NC(=O)OC(C)(C)C)c2F)cnc2c1N(C(=O)OC(C)(C)C)CCC2. The molecule has 0 spiro atoms. The molecule has 2 aromatic heterocycles. The molecule has 0 unspecified atom stereocenters. The average molecular weight is 751 g/mol. The average Bonchev–Trinajstić information content (AvgIpc) is 3.04. The van der Waals surface area contributed by atoms with Crippen molar-refractivity contribution in [1.82, 2.24) is 14.9 Å². The fourth-order valence-electron chi connectivity index (χ4n) is 6.30. The smallest absolute Gasteiger partial charge is 0.414 e. The van der Waals surface area contributed by atoms with Crippen molar-refractivity contribution < 1.29 is 42.5 Å². The topological polar surface area (TPSA) is 162 Å². The van der Waals surface area contributed by atoms with Gasteiger partial charge in [-0.25, -0.2) is 28.6 Å². The molecule has 292 valence electrons. The van der Waals surface area contributed by atoms with Crippen LogP contribution in [0.2, 0.25) is 0 Å². The minimum Gasteiger partial charge on any atom is -0.446 e. The van der Waals surface area contributed by atoms with Crippen molar-refractivity contribution in [2.75, 3.05) is 35.2 Å². The molecule has 14 nitrogen and oxygen atoms in total. The highest BCUT2D eigenvalue weighted by Gasteiger charge is 2.32. The molecule has 1 saturated heterocycles. The molecule has 1 aromatic carbocycles. The summed E-state index contributed by atoms with van der Waals surface area (Å²) in [6, 6.07) is 3.12. The van der Waals surface area contributed by atoms with E-state index in [1.54, 1.807) is 92.5 Å². The molecule has 1 fully saturated rings. The van der Waals surface area contributed by atoms with Crippen molar-refractivity contribution in [3.8, 4) is 11.1 Å². The van der Waals surface area contributed by atoms with E-state index in [1.165, 1.54) is 11.1 Å². The van der Waals surface area contributed by atoms with Gasteiger partial charge in [0.05, 0.1) is 17.1 Å². The molecule has 4 heterocycles. The molecule has 5 rings (SSSR count). The summed E-state index contributed by atoms with van der Waals surface area (Å²) in [7, 11) is 0. The number of likely N-dealkylation sites (tertiary alicyclic amines) is 1. The summed E-state index contributed by atoms with van der Waals surface area (Å²) >= 11 is 0.